The van der Waals surface area contributed by atoms with Crippen LogP contribution in [0.25, 0.3) is 0 Å². The van der Waals surface area contributed by atoms with Crippen molar-refractivity contribution in [1.82, 2.24) is 14.8 Å². The second-order valence-electron chi connectivity index (χ2n) is 4.38. The number of nitrogens with zero attached hydrogens (tertiary/aromatic N) is 2. The van der Waals surface area contributed by atoms with E-state index in [9.17, 15) is 4.79 Å². The maximum atomic E-state index is 12.4. The van der Waals surface area contributed by atoms with Crippen LogP contribution in [0.1, 0.15) is 24.3 Å². The van der Waals surface area contributed by atoms with Crippen molar-refractivity contribution in [2.75, 3.05) is 19.6 Å². The number of halogens is 1. The van der Waals surface area contributed by atoms with Crippen LogP contribution in [0, 0.1) is 0 Å². The monoisotopic (exact) mass is 255 g/mol. The van der Waals surface area contributed by atoms with Crippen LogP contribution >= 0.6 is 11.6 Å². The van der Waals surface area contributed by atoms with Gasteiger partial charge in [-0.15, -0.1) is 0 Å². The van der Waals surface area contributed by atoms with E-state index in [1.807, 2.05) is 22.6 Å². The van der Waals surface area contributed by atoms with Gasteiger partial charge in [-0.1, -0.05) is 11.6 Å². The van der Waals surface area contributed by atoms with Crippen molar-refractivity contribution in [2.24, 2.45) is 0 Å². The molecule has 1 aromatic rings. The summed E-state index contributed by atoms with van der Waals surface area (Å²) in [5.74, 6) is 0.0766. The number of hydrogen-bond donors (Lipinski definition) is 1. The molecule has 94 valence electrons. The minimum absolute atomic E-state index is 0.0766. The first kappa shape index (κ1) is 12.5. The van der Waals surface area contributed by atoms with E-state index in [4.69, 9.17) is 11.6 Å². The molecule has 0 unspecified atom stereocenters. The first-order valence-corrected chi connectivity index (χ1v) is 6.38. The van der Waals surface area contributed by atoms with E-state index in [-0.39, 0.29) is 11.9 Å². The van der Waals surface area contributed by atoms with Crippen LogP contribution in [0.2, 0.25) is 5.02 Å². The van der Waals surface area contributed by atoms with E-state index in [2.05, 4.69) is 12.2 Å². The highest BCUT2D eigenvalue weighted by atomic mass is 35.5. The molecule has 1 saturated heterocycles. The predicted octanol–water partition coefficient (Wildman–Crippen LogP) is 1.60. The second-order valence-corrected chi connectivity index (χ2v) is 4.82. The highest BCUT2D eigenvalue weighted by molar-refractivity contribution is 6.31. The van der Waals surface area contributed by atoms with Crippen molar-refractivity contribution in [3.63, 3.8) is 0 Å². The van der Waals surface area contributed by atoms with E-state index in [0.29, 0.717) is 10.7 Å². The first-order valence-electron chi connectivity index (χ1n) is 6.01. The lowest BCUT2D eigenvalue weighted by Crippen LogP contribution is -2.52. The van der Waals surface area contributed by atoms with Crippen LogP contribution < -0.4 is 5.32 Å². The number of aryl methyl sites for hydroxylation is 1. The molecule has 1 N–H and O–H groups in total. The highest BCUT2D eigenvalue weighted by Gasteiger charge is 2.26. The summed E-state index contributed by atoms with van der Waals surface area (Å²) in [5, 5.41) is 3.90. The lowest BCUT2D eigenvalue weighted by Gasteiger charge is -2.34. The van der Waals surface area contributed by atoms with Crippen LogP contribution in [0.4, 0.5) is 0 Å². The van der Waals surface area contributed by atoms with Crippen LogP contribution in [-0.2, 0) is 6.54 Å². The number of piperazine rings is 1. The highest BCUT2D eigenvalue weighted by Crippen LogP contribution is 2.17. The van der Waals surface area contributed by atoms with Gasteiger partial charge in [0.05, 0.1) is 5.02 Å². The van der Waals surface area contributed by atoms with Crippen LogP contribution in [0.3, 0.4) is 0 Å². The van der Waals surface area contributed by atoms with E-state index in [1.54, 1.807) is 6.07 Å². The summed E-state index contributed by atoms with van der Waals surface area (Å²) in [7, 11) is 0. The molecule has 0 aromatic carbocycles. The lowest BCUT2D eigenvalue weighted by atomic mass is 10.2. The maximum absolute atomic E-state index is 12.4. The molecule has 1 atom stereocenters. The molecule has 2 rings (SSSR count). The Bertz CT molecular complexity index is 416. The molecule has 1 aliphatic heterocycles. The van der Waals surface area contributed by atoms with E-state index in [0.717, 1.165) is 26.2 Å². The Balaban J connectivity index is 2.23. The number of carbonyl (C=O) groups excluding carboxylic acids is 1. The van der Waals surface area contributed by atoms with Gasteiger partial charge in [0.2, 0.25) is 0 Å². The third kappa shape index (κ3) is 2.48. The zero-order valence-electron chi connectivity index (χ0n) is 10.2. The zero-order valence-corrected chi connectivity index (χ0v) is 11.0. The van der Waals surface area contributed by atoms with Crippen molar-refractivity contribution in [3.8, 4) is 0 Å². The molecule has 2 heterocycles. The fourth-order valence-electron chi connectivity index (χ4n) is 2.21. The average molecular weight is 256 g/mol. The fourth-order valence-corrected chi connectivity index (χ4v) is 2.43. The van der Waals surface area contributed by atoms with E-state index < -0.39 is 0 Å². The third-order valence-electron chi connectivity index (χ3n) is 3.19. The van der Waals surface area contributed by atoms with Crippen LogP contribution in [0.5, 0.6) is 0 Å². The number of nitrogens with one attached hydrogen (secondary N) is 1. The van der Waals surface area contributed by atoms with Gasteiger partial charge in [-0.3, -0.25) is 4.79 Å². The number of aromatic nitrogens is 1. The van der Waals surface area contributed by atoms with Gasteiger partial charge in [0, 0.05) is 38.4 Å². The number of rotatable bonds is 2. The molecule has 0 radical (unpaired) electrons. The van der Waals surface area contributed by atoms with E-state index >= 15 is 0 Å². The van der Waals surface area contributed by atoms with Crippen molar-refractivity contribution in [2.45, 2.75) is 26.4 Å². The molecule has 1 aromatic heterocycles. The lowest BCUT2D eigenvalue weighted by molar-refractivity contribution is 0.0645. The van der Waals surface area contributed by atoms with Crippen LogP contribution in [0.15, 0.2) is 12.3 Å². The second kappa shape index (κ2) is 5.10. The molecule has 1 aliphatic rings. The minimum Gasteiger partial charge on any atom is -0.342 e. The van der Waals surface area contributed by atoms with E-state index in [1.165, 1.54) is 0 Å². The standard InChI is InChI=1S/C12H18ClN3O/c1-3-15-8-10(13)6-11(15)12(17)16-5-4-14-7-9(16)2/h6,8-9,14H,3-5,7H2,1-2H3/t9-/m0/s1. The summed E-state index contributed by atoms with van der Waals surface area (Å²) in [6.07, 6.45) is 1.81. The van der Waals surface area contributed by atoms with Gasteiger partial charge in [0.1, 0.15) is 5.69 Å². The molecular weight excluding hydrogens is 238 g/mol. The maximum Gasteiger partial charge on any atom is 0.270 e. The molecule has 0 aliphatic carbocycles. The smallest absolute Gasteiger partial charge is 0.270 e. The quantitative estimate of drug-likeness (QED) is 0.872. The summed E-state index contributed by atoms with van der Waals surface area (Å²) >= 11 is 5.96. The Hall–Kier alpha value is -1.00. The summed E-state index contributed by atoms with van der Waals surface area (Å²) in [6, 6.07) is 1.98. The number of amides is 1. The Morgan fingerprint density at radius 2 is 2.41 bits per heavy atom. The third-order valence-corrected chi connectivity index (χ3v) is 3.39. The van der Waals surface area contributed by atoms with Gasteiger partial charge >= 0.3 is 0 Å². The molecule has 4 nitrogen and oxygen atoms in total. The molecule has 0 saturated carbocycles. The SMILES string of the molecule is CCn1cc(Cl)cc1C(=O)N1CCNC[C@@H]1C. The topological polar surface area (TPSA) is 37.3 Å². The van der Waals surface area contributed by atoms with Gasteiger partial charge in [0.15, 0.2) is 0 Å². The first-order chi connectivity index (χ1) is 8.13. The van der Waals surface area contributed by atoms with Gasteiger partial charge in [0.25, 0.3) is 5.91 Å². The molecule has 1 fully saturated rings. The summed E-state index contributed by atoms with van der Waals surface area (Å²) < 4.78 is 1.90. The average Bonchev–Trinajstić information content (AvgIpc) is 2.70. The summed E-state index contributed by atoms with van der Waals surface area (Å²) in [5.41, 5.74) is 0.686. The molecule has 0 spiro atoms. The van der Waals surface area contributed by atoms with Crippen molar-refractivity contribution >= 4 is 17.5 Å². The molecule has 17 heavy (non-hydrogen) atoms. The summed E-state index contributed by atoms with van der Waals surface area (Å²) in [6.45, 7) is 7.29. The molecule has 1 amide bonds. The number of hydrogen-bond acceptors (Lipinski definition) is 2. The Morgan fingerprint density at radius 3 is 3.06 bits per heavy atom. The Labute approximate surface area is 107 Å². The van der Waals surface area contributed by atoms with Gasteiger partial charge in [-0.25, -0.2) is 0 Å². The van der Waals surface area contributed by atoms with Crippen LogP contribution in [-0.4, -0.2) is 41.1 Å². The molecule has 5 heteroatoms. The largest absolute Gasteiger partial charge is 0.342 e. The van der Waals surface area contributed by atoms with Crippen molar-refractivity contribution < 1.29 is 4.79 Å². The van der Waals surface area contributed by atoms with Crippen molar-refractivity contribution in [1.29, 1.82) is 0 Å². The fraction of sp³-hybridized carbons (Fsp3) is 0.583. The van der Waals surface area contributed by atoms with Crippen molar-refractivity contribution in [3.05, 3.63) is 23.0 Å². The Morgan fingerprint density at radius 1 is 1.65 bits per heavy atom. The molecular formula is C12H18ClN3O. The normalized spacial score (nSPS) is 20.6. The number of carbonyl (C=O) groups is 1. The minimum atomic E-state index is 0.0766. The molecule has 0 bridgehead atoms. The Kier molecular flexibility index (Phi) is 3.74. The predicted molar refractivity (Wildman–Crippen MR) is 68.5 cm³/mol. The zero-order chi connectivity index (χ0) is 12.4. The van der Waals surface area contributed by atoms with Gasteiger partial charge < -0.3 is 14.8 Å². The van der Waals surface area contributed by atoms with Gasteiger partial charge in [-0.2, -0.15) is 0 Å². The van der Waals surface area contributed by atoms with Gasteiger partial charge in [-0.05, 0) is 19.9 Å². The summed E-state index contributed by atoms with van der Waals surface area (Å²) in [4.78, 5) is 14.3.